The van der Waals surface area contributed by atoms with Gasteiger partial charge >= 0.3 is 18.2 Å². The molecule has 16 nitrogen and oxygen atoms in total. The van der Waals surface area contributed by atoms with Crippen LogP contribution in [0.2, 0.25) is 0 Å². The van der Waals surface area contributed by atoms with Gasteiger partial charge in [-0.3, -0.25) is 9.59 Å². The largest absolute Gasteiger partial charge is 0.508 e. The Labute approximate surface area is 282 Å². The Morgan fingerprint density at radius 3 is 2.04 bits per heavy atom. The monoisotopic (exact) mass is 688 g/mol. The van der Waals surface area contributed by atoms with E-state index in [1.165, 1.54) is 36.4 Å². The predicted molar refractivity (Wildman–Crippen MR) is 173 cm³/mol. The molecule has 0 aromatic heterocycles. The summed E-state index contributed by atoms with van der Waals surface area (Å²) >= 11 is 0. The van der Waals surface area contributed by atoms with Crippen LogP contribution in [0.3, 0.4) is 0 Å². The number of aliphatic hydroxyl groups is 2. The van der Waals surface area contributed by atoms with Gasteiger partial charge in [-0.2, -0.15) is 0 Å². The number of carbonyl (C=O) groups is 5. The number of phenolic OH excluding ortho intramolecular Hbond substituents is 2. The SMILES string of the molecule is CC(C)(C)OC(=O)NC[C@H](O)C[C@@H]1NC(=O)[C@@H](NC(=O)OC(C)(C)C)Cc2cc(ccc2O)-c2ccc(O)c(c2)[C@@H](O)[C@@H](C(=O)O)NC1=O. The fraction of sp³-hybridized carbons (Fsp3) is 0.485. The van der Waals surface area contributed by atoms with Crippen LogP contribution in [-0.2, 0) is 30.3 Å². The van der Waals surface area contributed by atoms with E-state index in [4.69, 9.17) is 9.47 Å². The number of hydrogen-bond acceptors (Lipinski definition) is 11. The van der Waals surface area contributed by atoms with Crippen LogP contribution in [0.1, 0.15) is 65.2 Å². The molecule has 0 fully saturated rings. The minimum atomic E-state index is -2.05. The highest BCUT2D eigenvalue weighted by atomic mass is 16.6. The third-order valence-corrected chi connectivity index (χ3v) is 7.09. The fourth-order valence-electron chi connectivity index (χ4n) is 4.86. The third-order valence-electron chi connectivity index (χ3n) is 7.09. The second-order valence-corrected chi connectivity index (χ2v) is 13.6. The Bertz CT molecular complexity index is 1570. The van der Waals surface area contributed by atoms with Crippen molar-refractivity contribution < 1.29 is 59.0 Å². The van der Waals surface area contributed by atoms with Crippen molar-refractivity contribution in [2.75, 3.05) is 6.54 Å². The van der Waals surface area contributed by atoms with Gasteiger partial charge in [0.25, 0.3) is 0 Å². The molecule has 9 N–H and O–H groups in total. The molecule has 49 heavy (non-hydrogen) atoms. The molecule has 3 rings (SSSR count). The number of carboxylic acid groups (broad SMARTS) is 1. The van der Waals surface area contributed by atoms with Crippen LogP contribution in [0, 0.1) is 0 Å². The average molecular weight is 689 g/mol. The van der Waals surface area contributed by atoms with Gasteiger partial charge < -0.3 is 56.3 Å². The van der Waals surface area contributed by atoms with Crippen LogP contribution in [-0.4, -0.2) is 97.5 Å². The van der Waals surface area contributed by atoms with Gasteiger partial charge in [0.2, 0.25) is 11.8 Å². The van der Waals surface area contributed by atoms with E-state index in [0.29, 0.717) is 11.1 Å². The van der Waals surface area contributed by atoms with Gasteiger partial charge in [0, 0.05) is 24.9 Å². The van der Waals surface area contributed by atoms with Crippen molar-refractivity contribution in [3.05, 3.63) is 47.5 Å². The summed E-state index contributed by atoms with van der Waals surface area (Å²) in [5.41, 5.74) is -1.08. The quantitative estimate of drug-likeness (QED) is 0.210. The Morgan fingerprint density at radius 2 is 1.45 bits per heavy atom. The van der Waals surface area contributed by atoms with Gasteiger partial charge in [0.15, 0.2) is 6.04 Å². The number of carboxylic acids is 1. The molecule has 0 spiro atoms. The van der Waals surface area contributed by atoms with E-state index in [1.54, 1.807) is 41.5 Å². The van der Waals surface area contributed by atoms with Crippen molar-refractivity contribution in [2.45, 2.75) is 95.9 Å². The molecule has 0 saturated heterocycles. The summed E-state index contributed by atoms with van der Waals surface area (Å²) in [6.45, 7) is 9.24. The van der Waals surface area contributed by atoms with Gasteiger partial charge in [0.05, 0.1) is 6.10 Å². The number of amides is 4. The number of phenols is 2. The second kappa shape index (κ2) is 15.4. The van der Waals surface area contributed by atoms with Gasteiger partial charge in [0.1, 0.15) is 40.9 Å². The lowest BCUT2D eigenvalue weighted by molar-refractivity contribution is -0.146. The summed E-state index contributed by atoms with van der Waals surface area (Å²) in [6, 6.07) is 3.09. The van der Waals surface area contributed by atoms with E-state index >= 15 is 0 Å². The normalized spacial score (nSPS) is 20.7. The van der Waals surface area contributed by atoms with Crippen molar-refractivity contribution >= 4 is 30.0 Å². The van der Waals surface area contributed by atoms with Gasteiger partial charge in [-0.05, 0) is 82.5 Å². The average Bonchev–Trinajstić information content (AvgIpc) is 2.96. The summed E-state index contributed by atoms with van der Waals surface area (Å²) in [4.78, 5) is 64.7. The summed E-state index contributed by atoms with van der Waals surface area (Å²) in [6.07, 6.45) is -6.29. The molecular formula is C33H44N4O12. The van der Waals surface area contributed by atoms with Crippen LogP contribution >= 0.6 is 0 Å². The summed E-state index contributed by atoms with van der Waals surface area (Å²) in [5, 5.41) is 62.5. The third kappa shape index (κ3) is 11.2. The van der Waals surface area contributed by atoms with E-state index in [2.05, 4.69) is 21.3 Å². The van der Waals surface area contributed by atoms with Crippen LogP contribution in [0.15, 0.2) is 36.4 Å². The molecule has 16 heteroatoms. The van der Waals surface area contributed by atoms with Crippen LogP contribution in [0.4, 0.5) is 9.59 Å². The van der Waals surface area contributed by atoms with Crippen LogP contribution < -0.4 is 21.3 Å². The highest BCUT2D eigenvalue weighted by molar-refractivity contribution is 5.93. The Balaban J connectivity index is 2.09. The molecule has 4 amide bonds. The topological polar surface area (TPSA) is 253 Å². The number of nitrogens with one attached hydrogen (secondary N) is 4. The fourth-order valence-corrected chi connectivity index (χ4v) is 4.86. The summed E-state index contributed by atoms with van der Waals surface area (Å²) < 4.78 is 10.5. The lowest BCUT2D eigenvalue weighted by atomic mass is 9.94. The van der Waals surface area contributed by atoms with E-state index in [1.807, 2.05) is 0 Å². The molecule has 0 saturated carbocycles. The number of ether oxygens (including phenoxy) is 2. The maximum atomic E-state index is 13.8. The first-order chi connectivity index (χ1) is 22.6. The van der Waals surface area contributed by atoms with Crippen molar-refractivity contribution in [3.8, 4) is 22.6 Å². The highest BCUT2D eigenvalue weighted by Crippen LogP contribution is 2.34. The number of aromatic hydroxyl groups is 2. The number of aliphatic hydroxyl groups excluding tert-OH is 2. The first-order valence-corrected chi connectivity index (χ1v) is 15.4. The van der Waals surface area contributed by atoms with Crippen molar-refractivity contribution in [3.63, 3.8) is 0 Å². The molecular weight excluding hydrogens is 644 g/mol. The lowest BCUT2D eigenvalue weighted by Gasteiger charge is -2.28. The molecule has 0 radical (unpaired) electrons. The van der Waals surface area contributed by atoms with Gasteiger partial charge in [-0.25, -0.2) is 14.4 Å². The number of hydrogen-bond donors (Lipinski definition) is 9. The molecule has 1 aliphatic rings. The molecule has 1 aliphatic heterocycles. The maximum absolute atomic E-state index is 13.8. The van der Waals surface area contributed by atoms with Crippen molar-refractivity contribution in [1.29, 1.82) is 0 Å². The number of aliphatic carboxylic acids is 1. The minimum Gasteiger partial charge on any atom is -0.508 e. The molecule has 0 unspecified atom stereocenters. The molecule has 1 heterocycles. The number of rotatable bonds is 6. The van der Waals surface area contributed by atoms with Gasteiger partial charge in [-0.15, -0.1) is 0 Å². The van der Waals surface area contributed by atoms with E-state index in [0.717, 1.165) is 0 Å². The minimum absolute atomic E-state index is 0.171. The molecule has 4 bridgehead atoms. The first kappa shape index (κ1) is 38.4. The van der Waals surface area contributed by atoms with Crippen molar-refractivity contribution in [1.82, 2.24) is 21.3 Å². The molecule has 2 aromatic carbocycles. The zero-order chi connectivity index (χ0) is 36.8. The second-order valence-electron chi connectivity index (χ2n) is 13.6. The maximum Gasteiger partial charge on any atom is 0.408 e. The Kier molecular flexibility index (Phi) is 12.1. The molecule has 2 aromatic rings. The van der Waals surface area contributed by atoms with E-state index in [-0.39, 0.29) is 23.3 Å². The van der Waals surface area contributed by atoms with Crippen LogP contribution in [0.5, 0.6) is 11.5 Å². The Hall–Kier alpha value is -5.09. The predicted octanol–water partition coefficient (Wildman–Crippen LogP) is 1.58. The zero-order valence-electron chi connectivity index (χ0n) is 28.1. The summed E-state index contributed by atoms with van der Waals surface area (Å²) in [5.74, 6) is -4.57. The summed E-state index contributed by atoms with van der Waals surface area (Å²) in [7, 11) is 0. The number of carbonyl (C=O) groups excluding carboxylic acids is 4. The van der Waals surface area contributed by atoms with E-state index < -0.39 is 90.2 Å². The number of fused-ring (bicyclic) bond motifs is 5. The number of alkyl carbamates (subject to hydrolysis) is 2. The van der Waals surface area contributed by atoms with Crippen molar-refractivity contribution in [2.24, 2.45) is 0 Å². The molecule has 5 atom stereocenters. The first-order valence-electron chi connectivity index (χ1n) is 15.4. The lowest BCUT2D eigenvalue weighted by Crippen LogP contribution is -2.58. The smallest absolute Gasteiger partial charge is 0.408 e. The molecule has 268 valence electrons. The standard InChI is InChI=1S/C33H44N4O12/c1-32(2,3)48-30(46)34-15-19(38)14-22-28(43)37-25(29(44)45)26(41)20-12-17(8-10-24(20)40)16-7-9-23(39)18(11-16)13-21(27(42)35-22)36-31(47)49-33(4,5)6/h7-12,19,21-22,25-26,38-41H,13-15H2,1-6H3,(H,34,46)(H,35,42)(H,36,47)(H,37,43)(H,44,45)/t19-,21+,22+,25+,26-/m1/s1. The van der Waals surface area contributed by atoms with Gasteiger partial charge in [-0.1, -0.05) is 12.1 Å². The zero-order valence-corrected chi connectivity index (χ0v) is 28.1. The highest BCUT2D eigenvalue weighted by Gasteiger charge is 2.36. The Morgan fingerprint density at radius 1 is 0.878 bits per heavy atom. The van der Waals surface area contributed by atoms with E-state index in [9.17, 15) is 49.5 Å². The molecule has 0 aliphatic carbocycles. The van der Waals surface area contributed by atoms with Crippen LogP contribution in [0.25, 0.3) is 11.1 Å². The number of benzene rings is 2.